The molecule has 6 heteroatoms. The van der Waals surface area contributed by atoms with E-state index in [4.69, 9.17) is 10.5 Å². The van der Waals surface area contributed by atoms with Gasteiger partial charge in [0.05, 0.1) is 5.60 Å². The van der Waals surface area contributed by atoms with Gasteiger partial charge in [-0.2, -0.15) is 11.8 Å². The normalized spacial score (nSPS) is 30.8. The topological polar surface area (TPSA) is 35.2 Å². The van der Waals surface area contributed by atoms with E-state index in [1.165, 1.54) is 0 Å². The van der Waals surface area contributed by atoms with Crippen molar-refractivity contribution in [3.8, 4) is 0 Å². The minimum Gasteiger partial charge on any atom is -0.374 e. The second-order valence-corrected chi connectivity index (χ2v) is 7.02. The average molecular weight is 317 g/mol. The molecule has 1 aromatic rings. The maximum absolute atomic E-state index is 13.4. The van der Waals surface area contributed by atoms with Crippen molar-refractivity contribution < 1.29 is 17.9 Å². The smallest absolute Gasteiger partial charge is 0.194 e. The Balaban J connectivity index is 1.79. The van der Waals surface area contributed by atoms with Crippen LogP contribution in [-0.4, -0.2) is 23.7 Å². The Bertz CT molecular complexity index is 511. The summed E-state index contributed by atoms with van der Waals surface area (Å²) in [7, 11) is 0. The van der Waals surface area contributed by atoms with Crippen LogP contribution in [0.4, 0.5) is 13.2 Å². The molecule has 3 atom stereocenters. The van der Waals surface area contributed by atoms with Gasteiger partial charge < -0.3 is 10.5 Å². The predicted octanol–water partition coefficient (Wildman–Crippen LogP) is 3.41. The highest BCUT2D eigenvalue weighted by molar-refractivity contribution is 7.99. The van der Waals surface area contributed by atoms with E-state index < -0.39 is 23.5 Å². The van der Waals surface area contributed by atoms with E-state index in [2.05, 4.69) is 0 Å². The quantitative estimate of drug-likeness (QED) is 0.849. The summed E-state index contributed by atoms with van der Waals surface area (Å²) >= 11 is 1.86. The van der Waals surface area contributed by atoms with E-state index in [0.717, 1.165) is 42.9 Å². The van der Waals surface area contributed by atoms with Gasteiger partial charge >= 0.3 is 0 Å². The largest absolute Gasteiger partial charge is 0.374 e. The van der Waals surface area contributed by atoms with Crippen LogP contribution in [0.2, 0.25) is 0 Å². The fourth-order valence-corrected chi connectivity index (χ4v) is 4.65. The van der Waals surface area contributed by atoms with Gasteiger partial charge in [0.1, 0.15) is 0 Å². The Morgan fingerprint density at radius 3 is 2.62 bits per heavy atom. The summed E-state index contributed by atoms with van der Waals surface area (Å²) in [5.41, 5.74) is 6.37. The number of benzene rings is 1. The lowest BCUT2D eigenvalue weighted by atomic mass is 9.79. The summed E-state index contributed by atoms with van der Waals surface area (Å²) in [6.45, 7) is 0.616. The minimum absolute atomic E-state index is 0.0988. The lowest BCUT2D eigenvalue weighted by Crippen LogP contribution is -2.42. The predicted molar refractivity (Wildman–Crippen MR) is 76.6 cm³/mol. The van der Waals surface area contributed by atoms with Gasteiger partial charge in [0.15, 0.2) is 17.5 Å². The molecule has 0 saturated carbocycles. The van der Waals surface area contributed by atoms with Crippen molar-refractivity contribution in [3.63, 3.8) is 0 Å². The van der Waals surface area contributed by atoms with Crippen LogP contribution < -0.4 is 5.73 Å². The van der Waals surface area contributed by atoms with Crippen molar-refractivity contribution in [2.45, 2.75) is 30.9 Å². The average Bonchev–Trinajstić information content (AvgIpc) is 2.91. The maximum Gasteiger partial charge on any atom is 0.194 e. The minimum atomic E-state index is -1.44. The van der Waals surface area contributed by atoms with Gasteiger partial charge in [-0.25, -0.2) is 13.2 Å². The van der Waals surface area contributed by atoms with Crippen LogP contribution in [0.5, 0.6) is 0 Å². The lowest BCUT2D eigenvalue weighted by molar-refractivity contribution is -0.0834. The first-order chi connectivity index (χ1) is 10.0. The lowest BCUT2D eigenvalue weighted by Gasteiger charge is -2.40. The summed E-state index contributed by atoms with van der Waals surface area (Å²) in [6.07, 6.45) is 2.54. The first kappa shape index (κ1) is 15.2. The van der Waals surface area contributed by atoms with Crippen molar-refractivity contribution >= 4 is 11.8 Å². The fraction of sp³-hybridized carbons (Fsp3) is 0.600. The van der Waals surface area contributed by atoms with E-state index in [0.29, 0.717) is 12.2 Å². The van der Waals surface area contributed by atoms with Gasteiger partial charge in [0.25, 0.3) is 0 Å². The summed E-state index contributed by atoms with van der Waals surface area (Å²) in [4.78, 5) is 0. The Labute approximate surface area is 126 Å². The van der Waals surface area contributed by atoms with Crippen LogP contribution >= 0.6 is 11.8 Å². The molecule has 1 spiro atoms. The molecule has 2 nitrogen and oxygen atoms in total. The Morgan fingerprint density at radius 2 is 2.00 bits per heavy atom. The third-order valence-corrected chi connectivity index (χ3v) is 5.72. The van der Waals surface area contributed by atoms with Gasteiger partial charge in [0, 0.05) is 18.4 Å². The zero-order valence-corrected chi connectivity index (χ0v) is 12.4. The molecule has 0 aromatic heterocycles. The molecule has 0 aliphatic carbocycles. The fourth-order valence-electron chi connectivity index (χ4n) is 3.28. The maximum atomic E-state index is 13.4. The molecule has 2 heterocycles. The highest BCUT2D eigenvalue weighted by Gasteiger charge is 2.42. The van der Waals surface area contributed by atoms with Crippen LogP contribution in [0, 0.1) is 23.4 Å². The molecular formula is C15H18F3NOS. The van der Waals surface area contributed by atoms with Crippen LogP contribution in [0.25, 0.3) is 0 Å². The molecule has 2 fully saturated rings. The molecule has 3 rings (SSSR count). The Hall–Kier alpha value is -0.720. The van der Waals surface area contributed by atoms with Crippen molar-refractivity contribution in [1.29, 1.82) is 0 Å². The van der Waals surface area contributed by atoms with Gasteiger partial charge in [0.2, 0.25) is 0 Å². The molecule has 2 saturated heterocycles. The number of hydrogen-bond donors (Lipinski definition) is 1. The second-order valence-electron chi connectivity index (χ2n) is 5.91. The number of halogens is 3. The molecule has 2 aliphatic heterocycles. The van der Waals surface area contributed by atoms with E-state index >= 15 is 0 Å². The number of hydrogen-bond acceptors (Lipinski definition) is 3. The molecule has 0 bridgehead atoms. The zero-order chi connectivity index (χ0) is 15.0. The molecule has 21 heavy (non-hydrogen) atoms. The van der Waals surface area contributed by atoms with E-state index in [9.17, 15) is 13.2 Å². The number of ether oxygens (including phenoxy) is 1. The zero-order valence-electron chi connectivity index (χ0n) is 11.6. The summed E-state index contributed by atoms with van der Waals surface area (Å²) in [5.74, 6) is -1.69. The third kappa shape index (κ3) is 2.94. The van der Waals surface area contributed by atoms with Crippen molar-refractivity contribution in [2.75, 3.05) is 18.1 Å². The monoisotopic (exact) mass is 317 g/mol. The molecule has 2 aliphatic rings. The first-order valence-electron chi connectivity index (χ1n) is 7.12. The first-order valence-corrected chi connectivity index (χ1v) is 8.28. The standard InChI is InChI=1S/C15H18F3NOS/c16-11-5-10(6-12(17)13(11)18)14(19)9-1-3-20-15(7-9)2-4-21-8-15/h5-6,9,14H,1-4,7-8,19H2. The van der Waals surface area contributed by atoms with Crippen molar-refractivity contribution in [3.05, 3.63) is 35.1 Å². The Morgan fingerprint density at radius 1 is 1.29 bits per heavy atom. The SMILES string of the molecule is NC(c1cc(F)c(F)c(F)c1)C1CCOC2(CCSC2)C1. The molecule has 2 N–H and O–H groups in total. The van der Waals surface area contributed by atoms with Gasteiger partial charge in [-0.15, -0.1) is 0 Å². The van der Waals surface area contributed by atoms with Gasteiger partial charge in [-0.05, 0) is 48.6 Å². The highest BCUT2D eigenvalue weighted by atomic mass is 32.2. The summed E-state index contributed by atoms with van der Waals surface area (Å²) < 4.78 is 45.7. The van der Waals surface area contributed by atoms with Crippen molar-refractivity contribution in [1.82, 2.24) is 0 Å². The van der Waals surface area contributed by atoms with Crippen molar-refractivity contribution in [2.24, 2.45) is 11.7 Å². The molecule has 1 aromatic carbocycles. The molecule has 0 radical (unpaired) electrons. The third-order valence-electron chi connectivity index (χ3n) is 4.50. The highest BCUT2D eigenvalue weighted by Crippen LogP contribution is 2.43. The summed E-state index contributed by atoms with van der Waals surface area (Å²) in [6, 6.07) is 1.52. The molecule has 116 valence electrons. The number of nitrogens with two attached hydrogens (primary N) is 1. The van der Waals surface area contributed by atoms with E-state index in [-0.39, 0.29) is 11.5 Å². The van der Waals surface area contributed by atoms with Crippen LogP contribution in [0.15, 0.2) is 12.1 Å². The van der Waals surface area contributed by atoms with E-state index in [1.807, 2.05) is 11.8 Å². The van der Waals surface area contributed by atoms with E-state index in [1.54, 1.807) is 0 Å². The number of thioether (sulfide) groups is 1. The summed E-state index contributed by atoms with van der Waals surface area (Å²) in [5, 5.41) is 0. The van der Waals surface area contributed by atoms with Gasteiger partial charge in [-0.1, -0.05) is 0 Å². The molecular weight excluding hydrogens is 299 g/mol. The van der Waals surface area contributed by atoms with Gasteiger partial charge in [-0.3, -0.25) is 0 Å². The Kier molecular flexibility index (Phi) is 4.21. The van der Waals surface area contributed by atoms with Crippen LogP contribution in [-0.2, 0) is 4.74 Å². The number of rotatable bonds is 2. The second kappa shape index (κ2) is 5.82. The van der Waals surface area contributed by atoms with Crippen LogP contribution in [0.1, 0.15) is 30.9 Å². The molecule has 3 unspecified atom stereocenters. The van der Waals surface area contributed by atoms with Crippen LogP contribution in [0.3, 0.4) is 0 Å². The molecule has 0 amide bonds.